The van der Waals surface area contributed by atoms with Gasteiger partial charge in [0, 0.05) is 33.4 Å². The van der Waals surface area contributed by atoms with Crippen molar-refractivity contribution in [2.75, 3.05) is 26.8 Å². The number of hydrogen-bond acceptors (Lipinski definition) is 4. The number of amides is 2. The minimum absolute atomic E-state index is 0.189. The standard InChI is InChI=1S/C25H28N2O3/c1-17-9-10-21(18(2)15-17)22-23(25(29)27(24(22)28)12-6-14-30-3)26-13-11-19-7-4-5-8-20(19)16-26/h4-5,7-10,15H,6,11-14,16H2,1-3H3. The largest absolute Gasteiger partial charge is 0.385 e. The summed E-state index contributed by atoms with van der Waals surface area (Å²) < 4.78 is 5.12. The van der Waals surface area contributed by atoms with Gasteiger partial charge >= 0.3 is 0 Å². The first kappa shape index (κ1) is 20.4. The molecule has 2 aliphatic heterocycles. The highest BCUT2D eigenvalue weighted by Crippen LogP contribution is 2.35. The third-order valence-corrected chi connectivity index (χ3v) is 5.97. The van der Waals surface area contributed by atoms with Crippen molar-refractivity contribution >= 4 is 17.4 Å². The van der Waals surface area contributed by atoms with Gasteiger partial charge in [0.2, 0.25) is 0 Å². The summed E-state index contributed by atoms with van der Waals surface area (Å²) in [7, 11) is 1.63. The molecule has 0 aromatic heterocycles. The van der Waals surface area contributed by atoms with Gasteiger partial charge in [-0.05, 0) is 48.9 Å². The average molecular weight is 405 g/mol. The molecule has 0 bridgehead atoms. The predicted molar refractivity (Wildman–Crippen MR) is 117 cm³/mol. The normalized spacial score (nSPS) is 16.5. The van der Waals surface area contributed by atoms with Crippen molar-refractivity contribution in [3.05, 3.63) is 76.0 Å². The number of fused-ring (bicyclic) bond motifs is 1. The van der Waals surface area contributed by atoms with E-state index in [1.54, 1.807) is 7.11 Å². The number of methoxy groups -OCH3 is 1. The highest BCUT2D eigenvalue weighted by atomic mass is 16.5. The molecule has 30 heavy (non-hydrogen) atoms. The number of aryl methyl sites for hydroxylation is 2. The lowest BCUT2D eigenvalue weighted by Gasteiger charge is -2.31. The van der Waals surface area contributed by atoms with Crippen LogP contribution in [0.1, 0.15) is 34.2 Å². The molecule has 0 radical (unpaired) electrons. The molecule has 0 atom stereocenters. The molecule has 0 unspecified atom stereocenters. The molecule has 4 rings (SSSR count). The summed E-state index contributed by atoms with van der Waals surface area (Å²) in [5.41, 5.74) is 6.61. The zero-order chi connectivity index (χ0) is 21.3. The second kappa shape index (κ2) is 8.44. The van der Waals surface area contributed by atoms with Gasteiger partial charge in [0.1, 0.15) is 5.70 Å². The summed E-state index contributed by atoms with van der Waals surface area (Å²) in [5, 5.41) is 0. The molecule has 0 spiro atoms. The van der Waals surface area contributed by atoms with E-state index < -0.39 is 0 Å². The van der Waals surface area contributed by atoms with Crippen LogP contribution in [-0.4, -0.2) is 48.4 Å². The van der Waals surface area contributed by atoms with E-state index in [1.807, 2.05) is 32.0 Å². The van der Waals surface area contributed by atoms with E-state index in [-0.39, 0.29) is 11.8 Å². The summed E-state index contributed by atoms with van der Waals surface area (Å²) in [6, 6.07) is 14.4. The fourth-order valence-electron chi connectivity index (χ4n) is 4.45. The average Bonchev–Trinajstić information content (AvgIpc) is 2.98. The SMILES string of the molecule is COCCCN1C(=O)C(c2ccc(C)cc2C)=C(N2CCc3ccccc3C2)C1=O. The molecule has 0 N–H and O–H groups in total. The number of hydrogen-bond donors (Lipinski definition) is 0. The molecule has 2 amide bonds. The van der Waals surface area contributed by atoms with E-state index in [0.717, 1.165) is 29.7 Å². The van der Waals surface area contributed by atoms with Gasteiger partial charge in [-0.25, -0.2) is 0 Å². The minimum atomic E-state index is -0.197. The van der Waals surface area contributed by atoms with Crippen molar-refractivity contribution in [2.45, 2.75) is 33.2 Å². The number of imide groups is 1. The topological polar surface area (TPSA) is 49.9 Å². The molecule has 2 heterocycles. The van der Waals surface area contributed by atoms with Crippen LogP contribution in [0.3, 0.4) is 0 Å². The van der Waals surface area contributed by atoms with E-state index >= 15 is 0 Å². The number of ether oxygens (including phenoxy) is 1. The maximum absolute atomic E-state index is 13.4. The van der Waals surface area contributed by atoms with Gasteiger partial charge in [-0.2, -0.15) is 0 Å². The van der Waals surface area contributed by atoms with Crippen LogP contribution in [0.15, 0.2) is 48.2 Å². The Labute approximate surface area is 177 Å². The maximum Gasteiger partial charge on any atom is 0.277 e. The highest BCUT2D eigenvalue weighted by molar-refractivity contribution is 6.35. The zero-order valence-corrected chi connectivity index (χ0v) is 17.9. The van der Waals surface area contributed by atoms with Crippen LogP contribution in [0.5, 0.6) is 0 Å². The Morgan fingerprint density at radius 3 is 2.50 bits per heavy atom. The lowest BCUT2D eigenvalue weighted by molar-refractivity contribution is -0.137. The summed E-state index contributed by atoms with van der Waals surface area (Å²) in [6.07, 6.45) is 1.50. The van der Waals surface area contributed by atoms with Crippen LogP contribution in [0.2, 0.25) is 0 Å². The summed E-state index contributed by atoms with van der Waals surface area (Å²) in [4.78, 5) is 30.4. The molecule has 5 heteroatoms. The molecule has 2 aromatic carbocycles. The van der Waals surface area contributed by atoms with Gasteiger partial charge in [-0.3, -0.25) is 14.5 Å². The molecule has 0 aliphatic carbocycles. The number of benzene rings is 2. The van der Waals surface area contributed by atoms with Gasteiger partial charge in [0.25, 0.3) is 11.8 Å². The molecule has 0 saturated carbocycles. The van der Waals surface area contributed by atoms with E-state index in [9.17, 15) is 9.59 Å². The molecule has 156 valence electrons. The number of nitrogens with zero attached hydrogens (tertiary/aromatic N) is 2. The van der Waals surface area contributed by atoms with Crippen LogP contribution >= 0.6 is 0 Å². The first-order valence-corrected chi connectivity index (χ1v) is 10.5. The Kier molecular flexibility index (Phi) is 5.73. The highest BCUT2D eigenvalue weighted by Gasteiger charge is 2.42. The van der Waals surface area contributed by atoms with Crippen molar-refractivity contribution in [1.29, 1.82) is 0 Å². The Morgan fingerprint density at radius 2 is 1.77 bits per heavy atom. The predicted octanol–water partition coefficient (Wildman–Crippen LogP) is 3.48. The smallest absolute Gasteiger partial charge is 0.277 e. The second-order valence-corrected chi connectivity index (χ2v) is 8.09. The molecule has 2 aromatic rings. The van der Waals surface area contributed by atoms with Crippen LogP contribution in [0.25, 0.3) is 5.57 Å². The number of carbonyl (C=O) groups is 2. The Balaban J connectivity index is 1.76. The van der Waals surface area contributed by atoms with Gasteiger partial charge in [0.15, 0.2) is 0 Å². The molecular weight excluding hydrogens is 376 g/mol. The van der Waals surface area contributed by atoms with Crippen molar-refractivity contribution < 1.29 is 14.3 Å². The fourth-order valence-corrected chi connectivity index (χ4v) is 4.45. The lowest BCUT2D eigenvalue weighted by Crippen LogP contribution is -2.38. The summed E-state index contributed by atoms with van der Waals surface area (Å²) >= 11 is 0. The van der Waals surface area contributed by atoms with Crippen LogP contribution < -0.4 is 0 Å². The first-order chi connectivity index (χ1) is 14.5. The first-order valence-electron chi connectivity index (χ1n) is 10.5. The van der Waals surface area contributed by atoms with E-state index in [4.69, 9.17) is 4.74 Å². The van der Waals surface area contributed by atoms with Gasteiger partial charge in [-0.1, -0.05) is 48.0 Å². The lowest BCUT2D eigenvalue weighted by atomic mass is 9.95. The molecule has 0 fully saturated rings. The van der Waals surface area contributed by atoms with Crippen LogP contribution in [0.4, 0.5) is 0 Å². The van der Waals surface area contributed by atoms with Crippen molar-refractivity contribution in [2.24, 2.45) is 0 Å². The van der Waals surface area contributed by atoms with Crippen molar-refractivity contribution in [3.63, 3.8) is 0 Å². The van der Waals surface area contributed by atoms with E-state index in [1.165, 1.54) is 16.0 Å². The quantitative estimate of drug-likeness (QED) is 0.546. The summed E-state index contributed by atoms with van der Waals surface area (Å²) in [6.45, 7) is 6.29. The van der Waals surface area contributed by atoms with Gasteiger partial charge in [-0.15, -0.1) is 0 Å². The third kappa shape index (κ3) is 3.65. The van der Waals surface area contributed by atoms with Crippen molar-refractivity contribution in [1.82, 2.24) is 9.80 Å². The monoisotopic (exact) mass is 404 g/mol. The van der Waals surface area contributed by atoms with E-state index in [0.29, 0.717) is 37.4 Å². The van der Waals surface area contributed by atoms with Gasteiger partial charge < -0.3 is 9.64 Å². The maximum atomic E-state index is 13.4. The van der Waals surface area contributed by atoms with Gasteiger partial charge in [0.05, 0.1) is 5.57 Å². The fraction of sp³-hybridized carbons (Fsp3) is 0.360. The van der Waals surface area contributed by atoms with E-state index in [2.05, 4.69) is 29.2 Å². The Morgan fingerprint density at radius 1 is 1.00 bits per heavy atom. The number of carbonyl (C=O) groups excluding carboxylic acids is 2. The van der Waals surface area contributed by atoms with Crippen molar-refractivity contribution in [3.8, 4) is 0 Å². The van der Waals surface area contributed by atoms with Crippen LogP contribution in [-0.2, 0) is 27.3 Å². The summed E-state index contributed by atoms with van der Waals surface area (Å²) in [5.74, 6) is -0.387. The Hall–Kier alpha value is -2.92. The molecular formula is C25H28N2O3. The third-order valence-electron chi connectivity index (χ3n) is 5.97. The minimum Gasteiger partial charge on any atom is -0.385 e. The molecule has 5 nitrogen and oxygen atoms in total. The zero-order valence-electron chi connectivity index (χ0n) is 17.9. The number of rotatable bonds is 6. The molecule has 2 aliphatic rings. The molecule has 0 saturated heterocycles. The van der Waals surface area contributed by atoms with Crippen LogP contribution in [0, 0.1) is 13.8 Å². The second-order valence-electron chi connectivity index (χ2n) is 8.09. The Bertz CT molecular complexity index is 1020.